The molecule has 0 unspecified atom stereocenters. The van der Waals surface area contributed by atoms with Crippen LogP contribution in [0.3, 0.4) is 0 Å². The van der Waals surface area contributed by atoms with Crippen LogP contribution in [0.5, 0.6) is 0 Å². The van der Waals surface area contributed by atoms with E-state index in [4.69, 9.17) is 4.74 Å². The van der Waals surface area contributed by atoms with Gasteiger partial charge in [0.2, 0.25) is 5.91 Å². The number of tetrazole rings is 1. The smallest absolute Gasteiger partial charge is 0.414 e. The molecule has 4 rings (SSSR count). The van der Waals surface area contributed by atoms with Gasteiger partial charge in [-0.1, -0.05) is 0 Å². The van der Waals surface area contributed by atoms with Crippen molar-refractivity contribution in [2.24, 2.45) is 0 Å². The molecule has 1 N–H and O–H groups in total. The highest BCUT2D eigenvalue weighted by Crippen LogP contribution is 2.34. The summed E-state index contributed by atoms with van der Waals surface area (Å²) in [5.41, 5.74) is -0.0912. The third kappa shape index (κ3) is 3.82. The molecular weight excluding hydrogens is 388 g/mol. The molecule has 154 valence electrons. The van der Waals surface area contributed by atoms with Gasteiger partial charge in [-0.05, 0) is 11.6 Å². The lowest BCUT2D eigenvalue weighted by Gasteiger charge is -2.22. The van der Waals surface area contributed by atoms with E-state index in [2.05, 4.69) is 20.7 Å². The van der Waals surface area contributed by atoms with Gasteiger partial charge in [0.05, 0.1) is 24.8 Å². The maximum atomic E-state index is 14.8. The summed E-state index contributed by atoms with van der Waals surface area (Å²) in [6.07, 6.45) is 0.629. The van der Waals surface area contributed by atoms with Gasteiger partial charge in [0.25, 0.3) is 0 Å². The van der Waals surface area contributed by atoms with Gasteiger partial charge in [0.15, 0.2) is 18.0 Å². The highest BCUT2D eigenvalue weighted by molar-refractivity contribution is 5.90. The number of anilines is 2. The van der Waals surface area contributed by atoms with Crippen LogP contribution in [0.2, 0.25) is 0 Å². The van der Waals surface area contributed by atoms with Gasteiger partial charge in [-0.2, -0.15) is 4.80 Å². The van der Waals surface area contributed by atoms with Gasteiger partial charge in [-0.25, -0.2) is 13.6 Å². The van der Waals surface area contributed by atoms with Crippen molar-refractivity contribution in [3.8, 4) is 0 Å². The number of aromatic nitrogens is 4. The average Bonchev–Trinajstić information content (AvgIpc) is 3.40. The SMILES string of the molecule is CC(=O)NC[C@H]1CN(c2cc(F)c(N3CC[C@@H](n4ncnn4)C3)c(F)c2)C(=O)O1. The predicted octanol–water partition coefficient (Wildman–Crippen LogP) is 0.864. The Bertz CT molecular complexity index is 901. The van der Waals surface area contributed by atoms with Gasteiger partial charge in [-0.3, -0.25) is 9.69 Å². The van der Waals surface area contributed by atoms with Crippen LogP contribution in [0.15, 0.2) is 18.5 Å². The van der Waals surface area contributed by atoms with Crippen molar-refractivity contribution in [2.45, 2.75) is 25.5 Å². The molecule has 2 saturated heterocycles. The summed E-state index contributed by atoms with van der Waals surface area (Å²) in [5, 5.41) is 14.0. The van der Waals surface area contributed by atoms with E-state index in [1.807, 2.05) is 0 Å². The molecule has 0 bridgehead atoms. The van der Waals surface area contributed by atoms with Crippen molar-refractivity contribution >= 4 is 23.4 Å². The maximum absolute atomic E-state index is 14.8. The number of hydrogen-bond donors (Lipinski definition) is 1. The molecule has 3 heterocycles. The predicted molar refractivity (Wildman–Crippen MR) is 96.3 cm³/mol. The lowest BCUT2D eigenvalue weighted by Crippen LogP contribution is -2.33. The van der Waals surface area contributed by atoms with Crippen LogP contribution in [0.25, 0.3) is 0 Å². The van der Waals surface area contributed by atoms with E-state index in [1.165, 1.54) is 18.0 Å². The first-order valence-corrected chi connectivity index (χ1v) is 9.11. The molecule has 0 radical (unpaired) electrons. The zero-order valence-corrected chi connectivity index (χ0v) is 15.6. The molecule has 0 aliphatic carbocycles. The summed E-state index contributed by atoms with van der Waals surface area (Å²) in [5.74, 6) is -1.80. The van der Waals surface area contributed by atoms with Gasteiger partial charge in [0.1, 0.15) is 11.8 Å². The summed E-state index contributed by atoms with van der Waals surface area (Å²) >= 11 is 0. The Morgan fingerprint density at radius 3 is 2.72 bits per heavy atom. The van der Waals surface area contributed by atoms with E-state index >= 15 is 0 Å². The molecule has 1 aromatic carbocycles. The van der Waals surface area contributed by atoms with Crippen LogP contribution in [0.1, 0.15) is 19.4 Å². The Balaban J connectivity index is 1.49. The monoisotopic (exact) mass is 407 g/mol. The van der Waals surface area contributed by atoms with Crippen LogP contribution in [0, 0.1) is 11.6 Å². The number of hydrogen-bond acceptors (Lipinski definition) is 7. The average molecular weight is 407 g/mol. The highest BCUT2D eigenvalue weighted by Gasteiger charge is 2.35. The van der Waals surface area contributed by atoms with E-state index in [-0.39, 0.29) is 36.4 Å². The molecule has 29 heavy (non-hydrogen) atoms. The van der Waals surface area contributed by atoms with Gasteiger partial charge in [0, 0.05) is 32.1 Å². The Kier molecular flexibility index (Phi) is 4.99. The summed E-state index contributed by atoms with van der Waals surface area (Å²) in [6, 6.07) is 2.10. The van der Waals surface area contributed by atoms with E-state index < -0.39 is 23.8 Å². The minimum Gasteiger partial charge on any atom is -0.442 e. The lowest BCUT2D eigenvalue weighted by atomic mass is 10.2. The minimum absolute atomic E-state index is 0.0627. The van der Waals surface area contributed by atoms with Crippen LogP contribution in [-0.4, -0.2) is 64.5 Å². The number of nitrogens with zero attached hydrogens (tertiary/aromatic N) is 6. The van der Waals surface area contributed by atoms with Crippen LogP contribution in [-0.2, 0) is 9.53 Å². The molecule has 2 fully saturated rings. The normalized spacial score (nSPS) is 21.6. The van der Waals surface area contributed by atoms with E-state index in [1.54, 1.807) is 4.90 Å². The number of amides is 2. The number of cyclic esters (lactones) is 1. The van der Waals surface area contributed by atoms with Crippen LogP contribution in [0.4, 0.5) is 25.0 Å². The first kappa shape index (κ1) is 19.0. The molecule has 12 heteroatoms. The third-order valence-corrected chi connectivity index (χ3v) is 4.94. The highest BCUT2D eigenvalue weighted by atomic mass is 19.1. The molecule has 2 amide bonds. The first-order chi connectivity index (χ1) is 13.9. The molecule has 0 spiro atoms. The first-order valence-electron chi connectivity index (χ1n) is 9.11. The summed E-state index contributed by atoms with van der Waals surface area (Å²) in [7, 11) is 0. The fourth-order valence-electron chi connectivity index (χ4n) is 3.58. The summed E-state index contributed by atoms with van der Waals surface area (Å²) in [6.45, 7) is 2.34. The number of carbonyl (C=O) groups excluding carboxylic acids is 2. The van der Waals surface area contributed by atoms with E-state index in [0.29, 0.717) is 19.5 Å². The largest absolute Gasteiger partial charge is 0.442 e. The minimum atomic E-state index is -0.773. The second kappa shape index (κ2) is 7.60. The Morgan fingerprint density at radius 2 is 2.07 bits per heavy atom. The van der Waals surface area contributed by atoms with Crippen LogP contribution >= 0.6 is 0 Å². The molecule has 2 aliphatic rings. The quantitative estimate of drug-likeness (QED) is 0.784. The van der Waals surface area contributed by atoms with Gasteiger partial charge in [-0.15, -0.1) is 10.2 Å². The van der Waals surface area contributed by atoms with Gasteiger partial charge < -0.3 is 15.0 Å². The number of rotatable bonds is 5. The third-order valence-electron chi connectivity index (χ3n) is 4.94. The zero-order chi connectivity index (χ0) is 20.5. The molecule has 2 aromatic rings. The zero-order valence-electron chi connectivity index (χ0n) is 15.6. The fraction of sp³-hybridized carbons (Fsp3) is 0.471. The standard InChI is InChI=1S/C17H19F2N7O3/c1-10(27)20-6-13-8-25(17(28)29-13)12-4-14(18)16(15(19)5-12)24-3-2-11(7-24)26-22-9-21-23-26/h4-5,9,11,13H,2-3,6-8H2,1H3,(H,20,27)/t11-,13+/m1/s1. The van der Waals surface area contributed by atoms with Crippen molar-refractivity contribution in [3.63, 3.8) is 0 Å². The Morgan fingerprint density at radius 1 is 1.31 bits per heavy atom. The second-order valence-corrected chi connectivity index (χ2v) is 6.96. The number of benzene rings is 1. The number of halogens is 2. The van der Waals surface area contributed by atoms with Crippen molar-refractivity contribution < 1.29 is 23.1 Å². The van der Waals surface area contributed by atoms with Crippen molar-refractivity contribution in [1.82, 2.24) is 25.5 Å². The Labute approximate surface area is 164 Å². The lowest BCUT2D eigenvalue weighted by molar-refractivity contribution is -0.119. The maximum Gasteiger partial charge on any atom is 0.414 e. The topological polar surface area (TPSA) is 105 Å². The Hall–Kier alpha value is -3.31. The molecule has 2 atom stereocenters. The van der Waals surface area contributed by atoms with Crippen molar-refractivity contribution in [1.29, 1.82) is 0 Å². The number of ether oxygens (including phenoxy) is 1. The second-order valence-electron chi connectivity index (χ2n) is 6.96. The van der Waals surface area contributed by atoms with E-state index in [0.717, 1.165) is 17.0 Å². The van der Waals surface area contributed by atoms with Gasteiger partial charge >= 0.3 is 6.09 Å². The number of nitrogens with one attached hydrogen (secondary N) is 1. The number of carbonyl (C=O) groups is 2. The molecule has 2 aliphatic heterocycles. The molecule has 1 aromatic heterocycles. The molecule has 10 nitrogen and oxygen atoms in total. The fourth-order valence-corrected chi connectivity index (χ4v) is 3.58. The molecule has 0 saturated carbocycles. The van der Waals surface area contributed by atoms with Crippen molar-refractivity contribution in [2.75, 3.05) is 36.0 Å². The molecular formula is C17H19F2N7O3. The summed E-state index contributed by atoms with van der Waals surface area (Å²) < 4.78 is 34.7. The van der Waals surface area contributed by atoms with E-state index in [9.17, 15) is 18.4 Å². The van der Waals surface area contributed by atoms with Crippen LogP contribution < -0.4 is 15.1 Å². The van der Waals surface area contributed by atoms with Crippen molar-refractivity contribution in [3.05, 3.63) is 30.1 Å². The summed E-state index contributed by atoms with van der Waals surface area (Å²) in [4.78, 5) is 27.2.